The summed E-state index contributed by atoms with van der Waals surface area (Å²) in [6, 6.07) is 11.9. The highest BCUT2D eigenvalue weighted by molar-refractivity contribution is 7.10. The van der Waals surface area contributed by atoms with Gasteiger partial charge in [0.25, 0.3) is 0 Å². The molecule has 2 N–H and O–H groups in total. The molecule has 2 aromatic rings. The number of benzene rings is 1. The van der Waals surface area contributed by atoms with Crippen molar-refractivity contribution in [2.75, 3.05) is 26.8 Å². The van der Waals surface area contributed by atoms with E-state index in [4.69, 9.17) is 9.47 Å². The zero-order valence-electron chi connectivity index (χ0n) is 15.4. The molecule has 0 amide bonds. The summed E-state index contributed by atoms with van der Waals surface area (Å²) in [6.07, 6.45) is 5.83. The Morgan fingerprint density at radius 1 is 1.12 bits per heavy atom. The first kappa shape index (κ1) is 19.2. The van der Waals surface area contributed by atoms with E-state index in [9.17, 15) is 5.11 Å². The minimum absolute atomic E-state index is 0.232. The van der Waals surface area contributed by atoms with Crippen molar-refractivity contribution < 1.29 is 14.6 Å². The zero-order valence-corrected chi connectivity index (χ0v) is 16.3. The first-order valence-corrected chi connectivity index (χ1v) is 10.3. The van der Waals surface area contributed by atoms with E-state index in [1.807, 2.05) is 35.6 Å². The molecule has 142 valence electrons. The van der Waals surface area contributed by atoms with Gasteiger partial charge in [0.2, 0.25) is 0 Å². The smallest absolute Gasteiger partial charge is 0.161 e. The van der Waals surface area contributed by atoms with Gasteiger partial charge in [-0.1, -0.05) is 37.5 Å². The molecule has 0 radical (unpaired) electrons. The number of hydrogen-bond acceptors (Lipinski definition) is 5. The third-order valence-corrected chi connectivity index (χ3v) is 6.31. The molecule has 0 aliphatic heterocycles. The van der Waals surface area contributed by atoms with Crippen LogP contribution in [0, 0.1) is 0 Å². The van der Waals surface area contributed by atoms with Crippen LogP contribution in [0.3, 0.4) is 0 Å². The zero-order chi connectivity index (χ0) is 18.2. The van der Waals surface area contributed by atoms with Crippen LogP contribution in [0.5, 0.6) is 11.5 Å². The van der Waals surface area contributed by atoms with Gasteiger partial charge in [0.05, 0.1) is 7.11 Å². The summed E-state index contributed by atoms with van der Waals surface area (Å²) >= 11 is 1.86. The second-order valence-corrected chi connectivity index (χ2v) is 8.01. The van der Waals surface area contributed by atoms with Gasteiger partial charge in [-0.15, -0.1) is 11.3 Å². The first-order chi connectivity index (χ1) is 12.7. The Hall–Kier alpha value is -1.56. The lowest BCUT2D eigenvalue weighted by Crippen LogP contribution is -2.42. The summed E-state index contributed by atoms with van der Waals surface area (Å²) in [4.78, 5) is 1.48. The lowest BCUT2D eigenvalue weighted by atomic mass is 9.73. The molecule has 1 aliphatic carbocycles. The minimum Gasteiger partial charge on any atom is -0.493 e. The van der Waals surface area contributed by atoms with Crippen LogP contribution < -0.4 is 14.8 Å². The predicted octanol–water partition coefficient (Wildman–Crippen LogP) is 3.99. The Bertz CT molecular complexity index is 653. The van der Waals surface area contributed by atoms with E-state index >= 15 is 0 Å². The number of methoxy groups -OCH3 is 1. The van der Waals surface area contributed by atoms with E-state index in [2.05, 4.69) is 22.8 Å². The van der Waals surface area contributed by atoms with Crippen molar-refractivity contribution in [3.05, 3.63) is 46.7 Å². The largest absolute Gasteiger partial charge is 0.493 e. The summed E-state index contributed by atoms with van der Waals surface area (Å²) in [5.41, 5.74) is 0.232. The van der Waals surface area contributed by atoms with Crippen LogP contribution in [-0.2, 0) is 5.41 Å². The molecule has 0 bridgehead atoms. The van der Waals surface area contributed by atoms with Crippen molar-refractivity contribution in [3.8, 4) is 11.5 Å². The van der Waals surface area contributed by atoms with Gasteiger partial charge in [-0.3, -0.25) is 0 Å². The van der Waals surface area contributed by atoms with E-state index in [1.165, 1.54) is 37.0 Å². The summed E-state index contributed by atoms with van der Waals surface area (Å²) < 4.78 is 11.0. The molecule has 0 spiro atoms. The Kier molecular flexibility index (Phi) is 6.94. The quantitative estimate of drug-likeness (QED) is 0.696. The van der Waals surface area contributed by atoms with E-state index in [0.29, 0.717) is 18.0 Å². The average Bonchev–Trinajstić information content (AvgIpc) is 3.23. The average molecular weight is 376 g/mol. The molecule has 1 fully saturated rings. The van der Waals surface area contributed by atoms with Gasteiger partial charge in [-0.05, 0) is 36.4 Å². The monoisotopic (exact) mass is 375 g/mol. The summed E-state index contributed by atoms with van der Waals surface area (Å²) in [6.45, 7) is 1.70. The van der Waals surface area contributed by atoms with E-state index in [-0.39, 0.29) is 12.0 Å². The highest BCUT2D eigenvalue weighted by atomic mass is 32.1. The van der Waals surface area contributed by atoms with Crippen molar-refractivity contribution in [1.29, 1.82) is 0 Å². The van der Waals surface area contributed by atoms with Crippen molar-refractivity contribution in [3.63, 3.8) is 0 Å². The molecular formula is C21H29NO3S. The molecule has 1 aromatic heterocycles. The number of hydrogen-bond donors (Lipinski definition) is 2. The second kappa shape index (κ2) is 9.40. The predicted molar refractivity (Wildman–Crippen MR) is 106 cm³/mol. The van der Waals surface area contributed by atoms with E-state index in [1.54, 1.807) is 7.11 Å². The molecule has 5 heteroatoms. The molecule has 1 unspecified atom stereocenters. The molecule has 1 heterocycles. The van der Waals surface area contributed by atoms with Crippen LogP contribution in [0.1, 0.15) is 37.0 Å². The normalized spacial score (nSPS) is 17.6. The lowest BCUT2D eigenvalue weighted by Gasteiger charge is -2.37. The maximum absolute atomic E-state index is 10.3. The van der Waals surface area contributed by atoms with Crippen LogP contribution in [0.2, 0.25) is 0 Å². The highest BCUT2D eigenvalue weighted by Crippen LogP contribution is 2.41. The van der Waals surface area contributed by atoms with Crippen molar-refractivity contribution in [1.82, 2.24) is 5.32 Å². The van der Waals surface area contributed by atoms with Crippen LogP contribution in [0.15, 0.2) is 41.8 Å². The topological polar surface area (TPSA) is 50.7 Å². The highest BCUT2D eigenvalue weighted by Gasteiger charge is 2.34. The number of nitrogens with one attached hydrogen (secondary N) is 1. The molecule has 3 rings (SSSR count). The number of thiophene rings is 1. The van der Waals surface area contributed by atoms with Gasteiger partial charge in [-0.25, -0.2) is 0 Å². The van der Waals surface area contributed by atoms with Crippen LogP contribution in [0.4, 0.5) is 0 Å². The Morgan fingerprint density at radius 3 is 2.58 bits per heavy atom. The number of para-hydroxylation sites is 2. The van der Waals surface area contributed by atoms with E-state index in [0.717, 1.165) is 6.54 Å². The summed E-state index contributed by atoms with van der Waals surface area (Å²) in [5, 5.41) is 16.0. The molecule has 1 aromatic carbocycles. The van der Waals surface area contributed by atoms with Gasteiger partial charge in [0.1, 0.15) is 12.7 Å². The molecule has 0 saturated heterocycles. The SMILES string of the molecule is COc1ccccc1OCC(O)CNCC1(c2cccs2)CCCCC1. The number of rotatable bonds is 9. The van der Waals surface area contributed by atoms with Crippen molar-refractivity contribution in [2.24, 2.45) is 0 Å². The fourth-order valence-corrected chi connectivity index (χ4v) is 4.77. The van der Waals surface area contributed by atoms with Gasteiger partial charge in [0.15, 0.2) is 11.5 Å². The molecule has 26 heavy (non-hydrogen) atoms. The number of aliphatic hydroxyl groups excluding tert-OH is 1. The second-order valence-electron chi connectivity index (χ2n) is 7.06. The van der Waals surface area contributed by atoms with Gasteiger partial charge in [0, 0.05) is 23.4 Å². The summed E-state index contributed by atoms with van der Waals surface area (Å²) in [5.74, 6) is 1.35. The fourth-order valence-electron chi connectivity index (χ4n) is 3.78. The molecule has 1 saturated carbocycles. The van der Waals surface area contributed by atoms with Crippen molar-refractivity contribution >= 4 is 11.3 Å². The van der Waals surface area contributed by atoms with Crippen LogP contribution in [-0.4, -0.2) is 38.0 Å². The van der Waals surface area contributed by atoms with Crippen LogP contribution >= 0.6 is 11.3 Å². The summed E-state index contributed by atoms with van der Waals surface area (Å²) in [7, 11) is 1.62. The number of aliphatic hydroxyl groups is 1. The molecule has 4 nitrogen and oxygen atoms in total. The first-order valence-electron chi connectivity index (χ1n) is 9.42. The Balaban J connectivity index is 1.48. The van der Waals surface area contributed by atoms with Crippen LogP contribution in [0.25, 0.3) is 0 Å². The van der Waals surface area contributed by atoms with Crippen molar-refractivity contribution in [2.45, 2.75) is 43.6 Å². The number of ether oxygens (including phenoxy) is 2. The van der Waals surface area contributed by atoms with Gasteiger partial charge in [-0.2, -0.15) is 0 Å². The third kappa shape index (κ3) is 4.78. The van der Waals surface area contributed by atoms with Gasteiger partial charge >= 0.3 is 0 Å². The molecular weight excluding hydrogens is 346 g/mol. The minimum atomic E-state index is -0.552. The molecule has 1 aliphatic rings. The Morgan fingerprint density at radius 2 is 1.88 bits per heavy atom. The maximum atomic E-state index is 10.3. The maximum Gasteiger partial charge on any atom is 0.161 e. The fraction of sp³-hybridized carbons (Fsp3) is 0.524. The third-order valence-electron chi connectivity index (χ3n) is 5.20. The molecule has 1 atom stereocenters. The van der Waals surface area contributed by atoms with Gasteiger partial charge < -0.3 is 19.9 Å². The lowest BCUT2D eigenvalue weighted by molar-refractivity contribution is 0.102. The van der Waals surface area contributed by atoms with E-state index < -0.39 is 6.10 Å². The Labute approximate surface area is 160 Å². The standard InChI is InChI=1S/C21H29NO3S/c1-24-18-8-3-4-9-19(18)25-15-17(23)14-22-16-21(11-5-2-6-12-21)20-10-7-13-26-20/h3-4,7-10,13,17,22-23H,2,5-6,11-12,14-16H2,1H3.